The van der Waals surface area contributed by atoms with E-state index in [9.17, 15) is 5.11 Å². The van der Waals surface area contributed by atoms with Gasteiger partial charge in [0, 0.05) is 47.4 Å². The first kappa shape index (κ1) is 14.6. The first-order valence-corrected chi connectivity index (χ1v) is 8.77. The van der Waals surface area contributed by atoms with E-state index < -0.39 is 0 Å². The van der Waals surface area contributed by atoms with Crippen molar-refractivity contribution in [3.8, 4) is 11.3 Å². The van der Waals surface area contributed by atoms with Gasteiger partial charge in [0.2, 0.25) is 0 Å². The third-order valence-corrected chi connectivity index (χ3v) is 5.16. The van der Waals surface area contributed by atoms with Crippen LogP contribution in [0.4, 0.5) is 5.82 Å². The van der Waals surface area contributed by atoms with Gasteiger partial charge in [-0.3, -0.25) is 0 Å². The third-order valence-electron chi connectivity index (χ3n) is 4.24. The Hall–Kier alpha value is -1.95. The van der Waals surface area contributed by atoms with Gasteiger partial charge in [-0.15, -0.1) is 11.3 Å². The molecule has 0 aliphatic carbocycles. The molecule has 1 aliphatic rings. The van der Waals surface area contributed by atoms with E-state index in [-0.39, 0.29) is 6.61 Å². The lowest BCUT2D eigenvalue weighted by molar-refractivity contribution is 0.285. The van der Waals surface area contributed by atoms with E-state index >= 15 is 0 Å². The van der Waals surface area contributed by atoms with Crippen molar-refractivity contribution in [2.24, 2.45) is 0 Å². The average Bonchev–Trinajstić information content (AvgIpc) is 3.11. The van der Waals surface area contributed by atoms with Crippen molar-refractivity contribution in [3.63, 3.8) is 0 Å². The molecule has 4 nitrogen and oxygen atoms in total. The van der Waals surface area contributed by atoms with Gasteiger partial charge in [-0.2, -0.15) is 0 Å². The van der Waals surface area contributed by atoms with Gasteiger partial charge < -0.3 is 15.3 Å². The number of nitrogens with zero attached hydrogens (tertiary/aromatic N) is 2. The summed E-state index contributed by atoms with van der Waals surface area (Å²) in [5, 5.41) is 17.2. The standard InChI is InChI=1S/C18H19N3OS/c22-11-15-9-14(12-23-15)17-10-13-3-1-2-4-16(13)18(20-17)21-7-5-19-6-8-21/h1-4,9-10,12,19,22H,5-8,11H2. The maximum absolute atomic E-state index is 9.30. The molecular weight excluding hydrogens is 306 g/mol. The Kier molecular flexibility index (Phi) is 3.99. The molecule has 0 bridgehead atoms. The predicted molar refractivity (Wildman–Crippen MR) is 96.1 cm³/mol. The fourth-order valence-corrected chi connectivity index (χ4v) is 3.78. The molecule has 1 aliphatic heterocycles. The molecule has 0 amide bonds. The molecular formula is C18H19N3OS. The molecule has 118 valence electrons. The molecule has 2 N–H and O–H groups in total. The Morgan fingerprint density at radius 1 is 1.17 bits per heavy atom. The van der Waals surface area contributed by atoms with Gasteiger partial charge in [0.15, 0.2) is 0 Å². The number of nitrogens with one attached hydrogen (secondary N) is 1. The van der Waals surface area contributed by atoms with Crippen LogP contribution < -0.4 is 10.2 Å². The number of hydrogen-bond donors (Lipinski definition) is 2. The maximum Gasteiger partial charge on any atom is 0.137 e. The summed E-state index contributed by atoms with van der Waals surface area (Å²) < 4.78 is 0. The number of fused-ring (bicyclic) bond motifs is 1. The summed E-state index contributed by atoms with van der Waals surface area (Å²) in [4.78, 5) is 8.30. The Bertz CT molecular complexity index is 824. The third kappa shape index (κ3) is 2.83. The summed E-state index contributed by atoms with van der Waals surface area (Å²) in [7, 11) is 0. The zero-order chi connectivity index (χ0) is 15.6. The molecule has 0 atom stereocenters. The number of benzene rings is 1. The Morgan fingerprint density at radius 2 is 2.00 bits per heavy atom. The summed E-state index contributed by atoms with van der Waals surface area (Å²) >= 11 is 1.58. The van der Waals surface area contributed by atoms with Crippen LogP contribution >= 0.6 is 11.3 Å². The summed E-state index contributed by atoms with van der Waals surface area (Å²) in [5.41, 5.74) is 2.06. The van der Waals surface area contributed by atoms with E-state index in [4.69, 9.17) is 4.98 Å². The van der Waals surface area contributed by atoms with Crippen LogP contribution in [-0.4, -0.2) is 36.3 Å². The van der Waals surface area contributed by atoms with Crippen LogP contribution in [0.15, 0.2) is 41.8 Å². The lowest BCUT2D eigenvalue weighted by Crippen LogP contribution is -2.44. The first-order chi connectivity index (χ1) is 11.3. The number of rotatable bonds is 3. The Labute approximate surface area is 139 Å². The van der Waals surface area contributed by atoms with E-state index in [0.29, 0.717) is 0 Å². The average molecular weight is 325 g/mol. The van der Waals surface area contributed by atoms with Gasteiger partial charge in [0.05, 0.1) is 12.3 Å². The minimum atomic E-state index is 0.0862. The van der Waals surface area contributed by atoms with E-state index in [2.05, 4.69) is 45.9 Å². The lowest BCUT2D eigenvalue weighted by Gasteiger charge is -2.29. The quantitative estimate of drug-likeness (QED) is 0.777. The molecule has 3 heterocycles. The minimum Gasteiger partial charge on any atom is -0.391 e. The Morgan fingerprint density at radius 3 is 2.78 bits per heavy atom. The highest BCUT2D eigenvalue weighted by atomic mass is 32.1. The molecule has 0 saturated carbocycles. The molecule has 0 unspecified atom stereocenters. The van der Waals surface area contributed by atoms with E-state index in [1.807, 2.05) is 6.07 Å². The second-order valence-corrected chi connectivity index (χ2v) is 6.74. The summed E-state index contributed by atoms with van der Waals surface area (Å²) in [6, 6.07) is 12.6. The number of anilines is 1. The zero-order valence-electron chi connectivity index (χ0n) is 12.8. The second kappa shape index (κ2) is 6.28. The highest BCUT2D eigenvalue weighted by molar-refractivity contribution is 7.10. The van der Waals surface area contributed by atoms with Gasteiger partial charge >= 0.3 is 0 Å². The van der Waals surface area contributed by atoms with Crippen molar-refractivity contribution < 1.29 is 5.11 Å². The SMILES string of the molecule is OCc1cc(-c2cc3ccccc3c(N3CCNCC3)n2)cs1. The van der Waals surface area contributed by atoms with Crippen molar-refractivity contribution >= 4 is 27.9 Å². The largest absolute Gasteiger partial charge is 0.391 e. The molecule has 0 radical (unpaired) electrons. The van der Waals surface area contributed by atoms with Gasteiger partial charge in [-0.25, -0.2) is 4.98 Å². The highest BCUT2D eigenvalue weighted by Crippen LogP contribution is 2.32. The normalized spacial score (nSPS) is 15.3. The van der Waals surface area contributed by atoms with E-state index in [0.717, 1.165) is 48.1 Å². The fraction of sp³-hybridized carbons (Fsp3) is 0.278. The second-order valence-electron chi connectivity index (χ2n) is 5.75. The molecule has 1 saturated heterocycles. The van der Waals surface area contributed by atoms with Gasteiger partial charge in [0.25, 0.3) is 0 Å². The first-order valence-electron chi connectivity index (χ1n) is 7.89. The van der Waals surface area contributed by atoms with E-state index in [1.54, 1.807) is 11.3 Å². The van der Waals surface area contributed by atoms with Crippen molar-refractivity contribution in [1.82, 2.24) is 10.3 Å². The number of thiophene rings is 1. The van der Waals surface area contributed by atoms with Crippen LogP contribution in [0, 0.1) is 0 Å². The molecule has 0 spiro atoms. The summed E-state index contributed by atoms with van der Waals surface area (Å²) in [6.45, 7) is 4.03. The van der Waals surface area contributed by atoms with Gasteiger partial charge in [-0.05, 0) is 17.5 Å². The molecule has 1 fully saturated rings. The Balaban J connectivity index is 1.85. The van der Waals surface area contributed by atoms with Gasteiger partial charge in [-0.1, -0.05) is 24.3 Å². The fourth-order valence-electron chi connectivity index (χ4n) is 3.04. The topological polar surface area (TPSA) is 48.4 Å². The van der Waals surface area contributed by atoms with Crippen molar-refractivity contribution in [2.45, 2.75) is 6.61 Å². The number of aromatic nitrogens is 1. The maximum atomic E-state index is 9.30. The highest BCUT2D eigenvalue weighted by Gasteiger charge is 2.16. The number of pyridine rings is 1. The molecule has 23 heavy (non-hydrogen) atoms. The van der Waals surface area contributed by atoms with Crippen molar-refractivity contribution in [1.29, 1.82) is 0 Å². The van der Waals surface area contributed by atoms with Gasteiger partial charge in [0.1, 0.15) is 5.82 Å². The minimum absolute atomic E-state index is 0.0862. The number of piperazine rings is 1. The van der Waals surface area contributed by atoms with Crippen LogP contribution in [0.5, 0.6) is 0 Å². The monoisotopic (exact) mass is 325 g/mol. The molecule has 4 rings (SSSR count). The predicted octanol–water partition coefficient (Wildman–Crippen LogP) is 2.87. The van der Waals surface area contributed by atoms with Crippen LogP contribution in [-0.2, 0) is 6.61 Å². The molecule has 1 aromatic carbocycles. The molecule has 5 heteroatoms. The van der Waals surface area contributed by atoms with Crippen molar-refractivity contribution in [3.05, 3.63) is 46.7 Å². The number of aliphatic hydroxyl groups excluding tert-OH is 1. The number of aliphatic hydroxyl groups is 1. The van der Waals surface area contributed by atoms with Crippen molar-refractivity contribution in [2.75, 3.05) is 31.1 Å². The van der Waals surface area contributed by atoms with Crippen LogP contribution in [0.25, 0.3) is 22.0 Å². The van der Waals surface area contributed by atoms with E-state index in [1.165, 1.54) is 10.8 Å². The van der Waals surface area contributed by atoms with Crippen LogP contribution in [0.1, 0.15) is 4.88 Å². The van der Waals surface area contributed by atoms with Crippen LogP contribution in [0.2, 0.25) is 0 Å². The summed E-state index contributed by atoms with van der Waals surface area (Å²) in [6.07, 6.45) is 0. The smallest absolute Gasteiger partial charge is 0.137 e. The lowest BCUT2D eigenvalue weighted by atomic mass is 10.1. The zero-order valence-corrected chi connectivity index (χ0v) is 13.6. The molecule has 3 aromatic rings. The summed E-state index contributed by atoms with van der Waals surface area (Å²) in [5.74, 6) is 1.07. The number of hydrogen-bond acceptors (Lipinski definition) is 5. The molecule has 2 aromatic heterocycles. The van der Waals surface area contributed by atoms with Crippen LogP contribution in [0.3, 0.4) is 0 Å².